The summed E-state index contributed by atoms with van der Waals surface area (Å²) in [5.41, 5.74) is -2.28. The highest BCUT2D eigenvalue weighted by Gasteiger charge is 2.36. The molecule has 1 rings (SSSR count). The fourth-order valence-electron chi connectivity index (χ4n) is 1.08. The van der Waals surface area contributed by atoms with E-state index in [0.29, 0.717) is 6.07 Å². The number of hydrogen-bond donors (Lipinski definition) is 0. The third-order valence-electron chi connectivity index (χ3n) is 1.79. The Morgan fingerprint density at radius 3 is 2.12 bits per heavy atom. The molecule has 0 spiro atoms. The van der Waals surface area contributed by atoms with Crippen LogP contribution in [0.3, 0.4) is 0 Å². The van der Waals surface area contributed by atoms with Gasteiger partial charge in [0.1, 0.15) is 0 Å². The molecule has 0 aliphatic carbocycles. The Hall–Kier alpha value is -0.790. The number of carbonyl (C=O) groups is 1. The molecule has 0 atom stereocenters. The molecule has 0 aliphatic rings. The van der Waals surface area contributed by atoms with Gasteiger partial charge in [0.2, 0.25) is 0 Å². The van der Waals surface area contributed by atoms with Gasteiger partial charge in [0, 0.05) is 16.2 Å². The molecule has 0 unspecified atom stereocenters. The van der Waals surface area contributed by atoms with Crippen molar-refractivity contribution in [2.75, 3.05) is 0 Å². The van der Waals surface area contributed by atoms with E-state index in [9.17, 15) is 26.4 Å². The third-order valence-corrected chi connectivity index (χ3v) is 3.34. The predicted molar refractivity (Wildman–Crippen MR) is 54.7 cm³/mol. The summed E-state index contributed by atoms with van der Waals surface area (Å²) in [7, 11) is 0.589. The van der Waals surface area contributed by atoms with Gasteiger partial charge >= 0.3 is 6.18 Å². The van der Waals surface area contributed by atoms with Crippen molar-refractivity contribution in [2.45, 2.75) is 11.1 Å². The highest BCUT2D eigenvalue weighted by atomic mass is 35.7. The van der Waals surface area contributed by atoms with Crippen molar-refractivity contribution in [3.8, 4) is 0 Å². The molecule has 0 fully saturated rings. The molecular weight excluding hydrogens is 304 g/mol. The molecule has 17 heavy (non-hydrogen) atoms. The van der Waals surface area contributed by atoms with Crippen LogP contribution in [-0.2, 0) is 15.2 Å². The lowest BCUT2D eigenvalue weighted by Crippen LogP contribution is -2.12. The largest absolute Gasteiger partial charge is 0.417 e. The molecule has 0 aliphatic heterocycles. The number of carbonyl (C=O) groups excluding carboxylic acids is 1. The van der Waals surface area contributed by atoms with E-state index in [-0.39, 0.29) is 6.07 Å². The van der Waals surface area contributed by atoms with Crippen molar-refractivity contribution in [3.63, 3.8) is 0 Å². The zero-order chi connectivity index (χ0) is 13.4. The molecule has 0 N–H and O–H groups in total. The van der Waals surface area contributed by atoms with Gasteiger partial charge in [-0.25, -0.2) is 8.42 Å². The second kappa shape index (κ2) is 4.47. The SMILES string of the molecule is O=C(Cl)c1ccc(S(=O)(=O)Cl)cc1C(F)(F)F. The fraction of sp³-hybridized carbons (Fsp3) is 0.125. The molecule has 1 aromatic rings. The summed E-state index contributed by atoms with van der Waals surface area (Å²) >= 11 is 4.96. The first-order chi connectivity index (χ1) is 7.53. The van der Waals surface area contributed by atoms with Crippen LogP contribution in [0.5, 0.6) is 0 Å². The van der Waals surface area contributed by atoms with Crippen LogP contribution in [0.1, 0.15) is 15.9 Å². The van der Waals surface area contributed by atoms with Crippen LogP contribution in [0.4, 0.5) is 13.2 Å². The highest BCUT2D eigenvalue weighted by Crippen LogP contribution is 2.34. The second-order valence-electron chi connectivity index (χ2n) is 2.92. The Morgan fingerprint density at radius 1 is 1.24 bits per heavy atom. The zero-order valence-electron chi connectivity index (χ0n) is 7.75. The zero-order valence-corrected chi connectivity index (χ0v) is 10.1. The Morgan fingerprint density at radius 2 is 1.76 bits per heavy atom. The summed E-state index contributed by atoms with van der Waals surface area (Å²) in [5.74, 6) is 0. The van der Waals surface area contributed by atoms with Gasteiger partial charge in [0.25, 0.3) is 14.3 Å². The molecule has 3 nitrogen and oxygen atoms in total. The van der Waals surface area contributed by atoms with Crippen molar-refractivity contribution in [1.82, 2.24) is 0 Å². The van der Waals surface area contributed by atoms with Gasteiger partial charge < -0.3 is 0 Å². The summed E-state index contributed by atoms with van der Waals surface area (Å²) in [4.78, 5) is 10.0. The molecule has 94 valence electrons. The standard InChI is InChI=1S/C8H3Cl2F3O3S/c9-7(14)5-2-1-4(17(10,15)16)3-6(5)8(11,12)13/h1-3H. The monoisotopic (exact) mass is 306 g/mol. The van der Waals surface area contributed by atoms with Gasteiger partial charge in [-0.2, -0.15) is 13.2 Å². The van der Waals surface area contributed by atoms with Crippen molar-refractivity contribution in [2.24, 2.45) is 0 Å². The first-order valence-electron chi connectivity index (χ1n) is 3.89. The molecule has 9 heteroatoms. The average molecular weight is 307 g/mol. The first-order valence-corrected chi connectivity index (χ1v) is 6.58. The van der Waals surface area contributed by atoms with Crippen molar-refractivity contribution >= 4 is 36.6 Å². The van der Waals surface area contributed by atoms with Crippen LogP contribution in [0.2, 0.25) is 0 Å². The highest BCUT2D eigenvalue weighted by molar-refractivity contribution is 8.13. The lowest BCUT2D eigenvalue weighted by Gasteiger charge is -2.11. The summed E-state index contributed by atoms with van der Waals surface area (Å²) in [6.07, 6.45) is -4.91. The summed E-state index contributed by atoms with van der Waals surface area (Å²) < 4.78 is 59.3. The Bertz CT molecular complexity index is 566. The van der Waals surface area contributed by atoms with Crippen molar-refractivity contribution in [1.29, 1.82) is 0 Å². The van der Waals surface area contributed by atoms with Gasteiger partial charge in [-0.1, -0.05) is 0 Å². The second-order valence-corrected chi connectivity index (χ2v) is 5.83. The Labute approximate surface area is 104 Å². The molecule has 0 radical (unpaired) electrons. The van der Waals surface area contributed by atoms with Crippen LogP contribution < -0.4 is 0 Å². The topological polar surface area (TPSA) is 51.2 Å². The van der Waals surface area contributed by atoms with Crippen LogP contribution in [0.25, 0.3) is 0 Å². The van der Waals surface area contributed by atoms with E-state index in [2.05, 4.69) is 0 Å². The van der Waals surface area contributed by atoms with Gasteiger partial charge in [0.05, 0.1) is 10.5 Å². The van der Waals surface area contributed by atoms with Gasteiger partial charge in [0.15, 0.2) is 0 Å². The smallest absolute Gasteiger partial charge is 0.276 e. The molecular formula is C8H3Cl2F3O3S. The maximum Gasteiger partial charge on any atom is 0.417 e. The normalized spacial score (nSPS) is 12.5. The maximum absolute atomic E-state index is 12.5. The molecule has 0 aromatic heterocycles. The van der Waals surface area contributed by atoms with E-state index in [0.717, 1.165) is 6.07 Å². The Kier molecular flexibility index (Phi) is 3.75. The molecule has 0 bridgehead atoms. The third kappa shape index (κ3) is 3.34. The quantitative estimate of drug-likeness (QED) is 0.789. The van der Waals surface area contributed by atoms with E-state index in [1.165, 1.54) is 0 Å². The number of alkyl halides is 3. The van der Waals surface area contributed by atoms with E-state index in [4.69, 9.17) is 22.3 Å². The van der Waals surface area contributed by atoms with E-state index in [1.54, 1.807) is 0 Å². The lowest BCUT2D eigenvalue weighted by atomic mass is 10.1. The van der Waals surface area contributed by atoms with Crippen LogP contribution in [0, 0.1) is 0 Å². The van der Waals surface area contributed by atoms with Crippen LogP contribution >= 0.6 is 22.3 Å². The Balaban J connectivity index is 3.57. The number of benzene rings is 1. The molecule has 0 saturated carbocycles. The average Bonchev–Trinajstić information content (AvgIpc) is 2.14. The van der Waals surface area contributed by atoms with Gasteiger partial charge in [-0.15, -0.1) is 0 Å². The van der Waals surface area contributed by atoms with Gasteiger partial charge in [-0.3, -0.25) is 4.79 Å². The van der Waals surface area contributed by atoms with E-state index in [1.807, 2.05) is 0 Å². The summed E-state index contributed by atoms with van der Waals surface area (Å²) in [6, 6.07) is 1.69. The number of hydrogen-bond acceptors (Lipinski definition) is 3. The molecule has 1 aromatic carbocycles. The van der Waals surface area contributed by atoms with Crippen molar-refractivity contribution in [3.05, 3.63) is 29.3 Å². The molecule has 0 saturated heterocycles. The number of halogens is 5. The van der Waals surface area contributed by atoms with E-state index < -0.39 is 36.5 Å². The predicted octanol–water partition coefficient (Wildman–Crippen LogP) is 3.01. The minimum Gasteiger partial charge on any atom is -0.276 e. The first kappa shape index (κ1) is 14.3. The number of rotatable bonds is 2. The van der Waals surface area contributed by atoms with Crippen LogP contribution in [0.15, 0.2) is 23.1 Å². The van der Waals surface area contributed by atoms with Crippen LogP contribution in [-0.4, -0.2) is 13.7 Å². The van der Waals surface area contributed by atoms with E-state index >= 15 is 0 Å². The van der Waals surface area contributed by atoms with Crippen molar-refractivity contribution < 1.29 is 26.4 Å². The minimum absolute atomic E-state index is 0.262. The summed E-state index contributed by atoms with van der Waals surface area (Å²) in [5, 5.41) is -1.34. The fourth-order valence-corrected chi connectivity index (χ4v) is 2.02. The van der Waals surface area contributed by atoms with Gasteiger partial charge in [-0.05, 0) is 29.8 Å². The molecule has 0 heterocycles. The maximum atomic E-state index is 12.5. The minimum atomic E-state index is -4.91. The summed E-state index contributed by atoms with van der Waals surface area (Å²) in [6.45, 7) is 0. The lowest BCUT2D eigenvalue weighted by molar-refractivity contribution is -0.138. The molecule has 0 amide bonds.